The minimum Gasteiger partial charge on any atom is -0.388 e. The summed E-state index contributed by atoms with van der Waals surface area (Å²) in [7, 11) is 0. The summed E-state index contributed by atoms with van der Waals surface area (Å²) in [6.45, 7) is 3.59. The molecule has 0 bridgehead atoms. The van der Waals surface area contributed by atoms with Crippen LogP contribution in [0.4, 0.5) is 13.2 Å². The molecule has 0 unspecified atom stereocenters. The van der Waals surface area contributed by atoms with Gasteiger partial charge in [-0.05, 0) is 48.7 Å². The molecule has 0 aromatic heterocycles. The van der Waals surface area contributed by atoms with Crippen molar-refractivity contribution in [3.05, 3.63) is 42.5 Å². The second-order valence-electron chi connectivity index (χ2n) is 3.85. The molecular weight excluding hydrogens is 261 g/mol. The SMILES string of the molecule is C=CCCC[C@H](O)c1ccc(SC(F)(F)F)cc1. The molecule has 1 aromatic carbocycles. The first-order chi connectivity index (χ1) is 8.42. The molecule has 0 saturated heterocycles. The zero-order valence-corrected chi connectivity index (χ0v) is 10.6. The Labute approximate surface area is 109 Å². The Balaban J connectivity index is 2.56. The van der Waals surface area contributed by atoms with Crippen molar-refractivity contribution in [1.82, 2.24) is 0 Å². The quantitative estimate of drug-likeness (QED) is 0.462. The van der Waals surface area contributed by atoms with Gasteiger partial charge >= 0.3 is 5.51 Å². The third kappa shape index (κ3) is 5.60. The first-order valence-electron chi connectivity index (χ1n) is 5.57. The van der Waals surface area contributed by atoms with Crippen molar-refractivity contribution < 1.29 is 18.3 Å². The van der Waals surface area contributed by atoms with Crippen molar-refractivity contribution in [3.63, 3.8) is 0 Å². The third-order valence-corrected chi connectivity index (χ3v) is 3.12. The lowest BCUT2D eigenvalue weighted by molar-refractivity contribution is -0.0328. The molecule has 0 fully saturated rings. The Morgan fingerprint density at radius 2 is 1.89 bits per heavy atom. The molecule has 18 heavy (non-hydrogen) atoms. The number of unbranched alkanes of at least 4 members (excludes halogenated alkanes) is 1. The number of rotatable bonds is 6. The van der Waals surface area contributed by atoms with E-state index >= 15 is 0 Å². The van der Waals surface area contributed by atoms with Gasteiger partial charge < -0.3 is 5.11 Å². The summed E-state index contributed by atoms with van der Waals surface area (Å²) >= 11 is -0.152. The molecule has 0 aliphatic heterocycles. The van der Waals surface area contributed by atoms with E-state index in [2.05, 4.69) is 6.58 Å². The fourth-order valence-electron chi connectivity index (χ4n) is 1.51. The van der Waals surface area contributed by atoms with Gasteiger partial charge in [0.1, 0.15) is 0 Å². The van der Waals surface area contributed by atoms with Gasteiger partial charge in [-0.3, -0.25) is 0 Å². The number of alkyl halides is 3. The van der Waals surface area contributed by atoms with Gasteiger partial charge in [0, 0.05) is 4.90 Å². The molecule has 0 aliphatic rings. The molecule has 1 aromatic rings. The molecule has 0 heterocycles. The highest BCUT2D eigenvalue weighted by molar-refractivity contribution is 8.00. The summed E-state index contributed by atoms with van der Waals surface area (Å²) in [4.78, 5) is 0.129. The molecule has 0 spiro atoms. The van der Waals surface area contributed by atoms with E-state index < -0.39 is 11.6 Å². The average molecular weight is 276 g/mol. The first-order valence-corrected chi connectivity index (χ1v) is 6.38. The van der Waals surface area contributed by atoms with Crippen molar-refractivity contribution in [2.24, 2.45) is 0 Å². The van der Waals surface area contributed by atoms with Crippen molar-refractivity contribution >= 4 is 11.8 Å². The second-order valence-corrected chi connectivity index (χ2v) is 4.99. The lowest BCUT2D eigenvalue weighted by atomic mass is 10.0. The van der Waals surface area contributed by atoms with Gasteiger partial charge in [-0.2, -0.15) is 13.2 Å². The zero-order valence-electron chi connectivity index (χ0n) is 9.78. The van der Waals surface area contributed by atoms with Crippen LogP contribution in [-0.4, -0.2) is 10.6 Å². The number of allylic oxidation sites excluding steroid dienone is 1. The predicted octanol–water partition coefficient (Wildman–Crippen LogP) is 4.69. The Kier molecular flexibility index (Phi) is 5.75. The second kappa shape index (κ2) is 6.85. The molecular formula is C13H15F3OS. The standard InChI is InChI=1S/C13H15F3OS/c1-2-3-4-5-12(17)10-6-8-11(9-7-10)18-13(14,15)16/h2,6-9,12,17H,1,3-5H2/t12-/m0/s1. The van der Waals surface area contributed by atoms with E-state index in [0.717, 1.165) is 12.8 Å². The van der Waals surface area contributed by atoms with Gasteiger partial charge in [0.15, 0.2) is 0 Å². The van der Waals surface area contributed by atoms with Crippen molar-refractivity contribution in [1.29, 1.82) is 0 Å². The smallest absolute Gasteiger partial charge is 0.388 e. The summed E-state index contributed by atoms with van der Waals surface area (Å²) in [5, 5.41) is 9.81. The molecule has 0 amide bonds. The number of aliphatic hydroxyl groups is 1. The molecule has 0 radical (unpaired) electrons. The average Bonchev–Trinajstić information content (AvgIpc) is 2.28. The topological polar surface area (TPSA) is 20.2 Å². The first kappa shape index (κ1) is 15.1. The number of aliphatic hydroxyl groups excluding tert-OH is 1. The van der Waals surface area contributed by atoms with Crippen LogP contribution < -0.4 is 0 Å². The molecule has 0 saturated carbocycles. The van der Waals surface area contributed by atoms with E-state index in [4.69, 9.17) is 0 Å². The number of benzene rings is 1. The van der Waals surface area contributed by atoms with Crippen LogP contribution in [0.1, 0.15) is 30.9 Å². The van der Waals surface area contributed by atoms with Gasteiger partial charge in [-0.15, -0.1) is 6.58 Å². The maximum absolute atomic E-state index is 12.1. The summed E-state index contributed by atoms with van der Waals surface area (Å²) in [5.41, 5.74) is -3.63. The number of hydrogen-bond acceptors (Lipinski definition) is 2. The van der Waals surface area contributed by atoms with Crippen LogP contribution >= 0.6 is 11.8 Å². The summed E-state index contributed by atoms with van der Waals surface area (Å²) in [5.74, 6) is 0. The van der Waals surface area contributed by atoms with E-state index in [1.807, 2.05) is 0 Å². The van der Waals surface area contributed by atoms with E-state index in [1.165, 1.54) is 24.3 Å². The molecule has 1 rings (SSSR count). The van der Waals surface area contributed by atoms with Crippen LogP contribution in [-0.2, 0) is 0 Å². The van der Waals surface area contributed by atoms with Crippen LogP contribution in [0.3, 0.4) is 0 Å². The molecule has 5 heteroatoms. The minimum absolute atomic E-state index is 0.129. The fourth-order valence-corrected chi connectivity index (χ4v) is 2.05. The molecule has 1 nitrogen and oxygen atoms in total. The van der Waals surface area contributed by atoms with Gasteiger partial charge in [0.25, 0.3) is 0 Å². The van der Waals surface area contributed by atoms with Crippen molar-refractivity contribution in [2.45, 2.75) is 35.8 Å². The Morgan fingerprint density at radius 1 is 1.28 bits per heavy atom. The highest BCUT2D eigenvalue weighted by Crippen LogP contribution is 2.37. The van der Waals surface area contributed by atoms with Crippen LogP contribution in [0.15, 0.2) is 41.8 Å². The van der Waals surface area contributed by atoms with Gasteiger partial charge in [0.2, 0.25) is 0 Å². The van der Waals surface area contributed by atoms with E-state index in [0.29, 0.717) is 12.0 Å². The minimum atomic E-state index is -4.27. The molecule has 1 atom stereocenters. The Morgan fingerprint density at radius 3 is 2.39 bits per heavy atom. The monoisotopic (exact) mass is 276 g/mol. The summed E-state index contributed by atoms with van der Waals surface area (Å²) < 4.78 is 36.3. The van der Waals surface area contributed by atoms with E-state index in [9.17, 15) is 18.3 Å². The maximum Gasteiger partial charge on any atom is 0.446 e. The molecule has 100 valence electrons. The van der Waals surface area contributed by atoms with Crippen molar-refractivity contribution in [2.75, 3.05) is 0 Å². The van der Waals surface area contributed by atoms with Crippen LogP contribution in [0, 0.1) is 0 Å². The van der Waals surface area contributed by atoms with E-state index in [-0.39, 0.29) is 16.7 Å². The van der Waals surface area contributed by atoms with Crippen LogP contribution in [0.5, 0.6) is 0 Å². The fraction of sp³-hybridized carbons (Fsp3) is 0.385. The summed E-state index contributed by atoms with van der Waals surface area (Å²) in [6, 6.07) is 5.83. The molecule has 1 N–H and O–H groups in total. The number of hydrogen-bond donors (Lipinski definition) is 1. The number of thioether (sulfide) groups is 1. The maximum atomic E-state index is 12.1. The highest BCUT2D eigenvalue weighted by atomic mass is 32.2. The normalized spacial score (nSPS) is 13.3. The highest BCUT2D eigenvalue weighted by Gasteiger charge is 2.29. The van der Waals surface area contributed by atoms with Crippen LogP contribution in [0.2, 0.25) is 0 Å². The van der Waals surface area contributed by atoms with Crippen LogP contribution in [0.25, 0.3) is 0 Å². The Hall–Kier alpha value is -0.940. The Bertz CT molecular complexity index is 373. The van der Waals surface area contributed by atoms with E-state index in [1.54, 1.807) is 6.08 Å². The zero-order chi connectivity index (χ0) is 13.6. The third-order valence-electron chi connectivity index (χ3n) is 2.38. The van der Waals surface area contributed by atoms with Gasteiger partial charge in [-0.25, -0.2) is 0 Å². The number of halogens is 3. The van der Waals surface area contributed by atoms with Gasteiger partial charge in [0.05, 0.1) is 6.10 Å². The molecule has 0 aliphatic carbocycles. The lowest BCUT2D eigenvalue weighted by Gasteiger charge is -2.11. The predicted molar refractivity (Wildman–Crippen MR) is 67.4 cm³/mol. The van der Waals surface area contributed by atoms with Gasteiger partial charge in [-0.1, -0.05) is 18.2 Å². The van der Waals surface area contributed by atoms with Crippen molar-refractivity contribution in [3.8, 4) is 0 Å². The lowest BCUT2D eigenvalue weighted by Crippen LogP contribution is -2.00. The summed E-state index contributed by atoms with van der Waals surface area (Å²) in [6.07, 6.45) is 3.35. The largest absolute Gasteiger partial charge is 0.446 e.